The molecule has 4 nitrogen and oxygen atoms in total. The Morgan fingerprint density at radius 1 is 1.47 bits per heavy atom. The second-order valence-corrected chi connectivity index (χ2v) is 2.61. The summed E-state index contributed by atoms with van der Waals surface area (Å²) in [5.41, 5.74) is 6.79. The van der Waals surface area contributed by atoms with E-state index in [1.807, 2.05) is 0 Å². The van der Waals surface area contributed by atoms with Crippen LogP contribution >= 0.6 is 24.8 Å². The highest BCUT2D eigenvalue weighted by molar-refractivity contribution is 5.89. The molecule has 86 valence electrons. The van der Waals surface area contributed by atoms with Crippen LogP contribution in [0.15, 0.2) is 18.5 Å². The highest BCUT2D eigenvalue weighted by Gasteiger charge is 2.05. The number of nitrogens with zero attached hydrogens (tertiary/aromatic N) is 1. The molecule has 1 aromatic heterocycles. The summed E-state index contributed by atoms with van der Waals surface area (Å²) in [5.74, 6) is -0.369. The van der Waals surface area contributed by atoms with Gasteiger partial charge in [-0.05, 0) is 24.6 Å². The number of pyridine rings is 1. The summed E-state index contributed by atoms with van der Waals surface area (Å²) in [6, 6.07) is 1.74. The predicted octanol–water partition coefficient (Wildman–Crippen LogP) is 1.21. The lowest BCUT2D eigenvalue weighted by atomic mass is 10.1. The number of carbonyl (C=O) groups excluding carboxylic acids is 1. The molecule has 0 aliphatic rings. The fraction of sp³-hybridized carbons (Fsp3) is 0.333. The van der Waals surface area contributed by atoms with Gasteiger partial charge in [-0.3, -0.25) is 4.98 Å². The molecule has 6 heteroatoms. The van der Waals surface area contributed by atoms with Crippen molar-refractivity contribution < 1.29 is 9.53 Å². The van der Waals surface area contributed by atoms with Crippen LogP contribution < -0.4 is 5.73 Å². The van der Waals surface area contributed by atoms with Crippen LogP contribution in [0.25, 0.3) is 0 Å². The fourth-order valence-electron chi connectivity index (χ4n) is 1.02. The van der Waals surface area contributed by atoms with Gasteiger partial charge < -0.3 is 10.5 Å². The van der Waals surface area contributed by atoms with E-state index in [1.165, 1.54) is 13.3 Å². The molecule has 0 spiro atoms. The summed E-state index contributed by atoms with van der Waals surface area (Å²) in [4.78, 5) is 15.0. The van der Waals surface area contributed by atoms with Crippen LogP contribution in [0, 0.1) is 0 Å². The van der Waals surface area contributed by atoms with Crippen LogP contribution in [-0.2, 0) is 11.2 Å². The van der Waals surface area contributed by atoms with Crippen molar-refractivity contribution in [3.8, 4) is 0 Å². The quantitative estimate of drug-likeness (QED) is 0.822. The van der Waals surface area contributed by atoms with Crippen molar-refractivity contribution >= 4 is 30.8 Å². The van der Waals surface area contributed by atoms with Crippen molar-refractivity contribution in [3.05, 3.63) is 29.6 Å². The third-order valence-electron chi connectivity index (χ3n) is 1.65. The maximum absolute atomic E-state index is 11.1. The van der Waals surface area contributed by atoms with Crippen molar-refractivity contribution in [1.29, 1.82) is 0 Å². The van der Waals surface area contributed by atoms with E-state index in [9.17, 15) is 4.79 Å². The van der Waals surface area contributed by atoms with Gasteiger partial charge in [-0.25, -0.2) is 4.79 Å². The van der Waals surface area contributed by atoms with E-state index < -0.39 is 0 Å². The minimum absolute atomic E-state index is 0. The standard InChI is InChI=1S/C9H12N2O2.2ClH/c1-13-9(12)8-4-7(2-3-10)5-11-6-8;;/h4-6H,2-3,10H2,1H3;2*1H. The molecule has 0 saturated heterocycles. The van der Waals surface area contributed by atoms with Gasteiger partial charge >= 0.3 is 5.97 Å². The molecule has 0 fully saturated rings. The molecule has 1 heterocycles. The summed E-state index contributed by atoms with van der Waals surface area (Å²) in [6.07, 6.45) is 3.89. The number of hydrogen-bond donors (Lipinski definition) is 1. The van der Waals surface area contributed by atoms with E-state index >= 15 is 0 Å². The van der Waals surface area contributed by atoms with Crippen LogP contribution in [0.4, 0.5) is 0 Å². The summed E-state index contributed by atoms with van der Waals surface area (Å²) in [6.45, 7) is 0.548. The number of nitrogens with two attached hydrogens (primary N) is 1. The monoisotopic (exact) mass is 252 g/mol. The van der Waals surface area contributed by atoms with Gasteiger partial charge in [0.1, 0.15) is 0 Å². The van der Waals surface area contributed by atoms with Gasteiger partial charge in [-0.2, -0.15) is 0 Å². The maximum Gasteiger partial charge on any atom is 0.339 e. The summed E-state index contributed by atoms with van der Waals surface area (Å²) < 4.78 is 4.56. The van der Waals surface area contributed by atoms with Gasteiger partial charge in [-0.15, -0.1) is 24.8 Å². The Morgan fingerprint density at radius 3 is 2.67 bits per heavy atom. The Hall–Kier alpha value is -0.840. The lowest BCUT2D eigenvalue weighted by molar-refractivity contribution is 0.0600. The van der Waals surface area contributed by atoms with Crippen molar-refractivity contribution in [2.75, 3.05) is 13.7 Å². The maximum atomic E-state index is 11.1. The SMILES string of the molecule is COC(=O)c1cncc(CCN)c1.Cl.Cl. The number of esters is 1. The highest BCUT2D eigenvalue weighted by Crippen LogP contribution is 2.04. The highest BCUT2D eigenvalue weighted by atomic mass is 35.5. The molecule has 1 aromatic rings. The first-order valence-electron chi connectivity index (χ1n) is 4.00. The van der Waals surface area contributed by atoms with Gasteiger partial charge in [0.25, 0.3) is 0 Å². The lowest BCUT2D eigenvalue weighted by Crippen LogP contribution is -2.06. The molecule has 0 radical (unpaired) electrons. The number of carbonyl (C=O) groups is 1. The van der Waals surface area contributed by atoms with E-state index in [0.717, 1.165) is 12.0 Å². The average Bonchev–Trinajstić information content (AvgIpc) is 2.18. The smallest absolute Gasteiger partial charge is 0.339 e. The third-order valence-corrected chi connectivity index (χ3v) is 1.65. The second kappa shape index (κ2) is 8.47. The van der Waals surface area contributed by atoms with Crippen LogP contribution in [-0.4, -0.2) is 24.6 Å². The number of hydrogen-bond acceptors (Lipinski definition) is 4. The molecule has 1 rings (SSSR count). The van der Waals surface area contributed by atoms with E-state index in [0.29, 0.717) is 12.1 Å². The normalized spacial score (nSPS) is 8.40. The van der Waals surface area contributed by atoms with Crippen molar-refractivity contribution in [3.63, 3.8) is 0 Å². The molecule has 0 aliphatic heterocycles. The number of rotatable bonds is 3. The molecular weight excluding hydrogens is 239 g/mol. The van der Waals surface area contributed by atoms with Crippen LogP contribution in [0.3, 0.4) is 0 Å². The molecule has 0 saturated carbocycles. The number of halogens is 2. The first kappa shape index (κ1) is 16.6. The fourth-order valence-corrected chi connectivity index (χ4v) is 1.02. The molecule has 2 N–H and O–H groups in total. The van der Waals surface area contributed by atoms with Gasteiger partial charge in [-0.1, -0.05) is 0 Å². The van der Waals surface area contributed by atoms with Gasteiger partial charge in [0.05, 0.1) is 12.7 Å². The third kappa shape index (κ3) is 4.97. The average molecular weight is 253 g/mol. The van der Waals surface area contributed by atoms with Gasteiger partial charge in [0.2, 0.25) is 0 Å². The lowest BCUT2D eigenvalue weighted by Gasteiger charge is -2.01. The Kier molecular flexibility index (Phi) is 9.36. The Morgan fingerprint density at radius 2 is 2.13 bits per heavy atom. The van der Waals surface area contributed by atoms with E-state index in [4.69, 9.17) is 5.73 Å². The minimum atomic E-state index is -0.369. The Labute approximate surface area is 101 Å². The number of methoxy groups -OCH3 is 1. The van der Waals surface area contributed by atoms with Crippen LogP contribution in [0.1, 0.15) is 15.9 Å². The molecule has 15 heavy (non-hydrogen) atoms. The number of ether oxygens (including phenoxy) is 1. The molecular formula is C9H14Cl2N2O2. The summed E-state index contributed by atoms with van der Waals surface area (Å²) in [7, 11) is 1.35. The molecule has 0 amide bonds. The zero-order chi connectivity index (χ0) is 9.68. The largest absolute Gasteiger partial charge is 0.465 e. The molecule has 0 aliphatic carbocycles. The van der Waals surface area contributed by atoms with E-state index in [2.05, 4.69) is 9.72 Å². The molecule has 0 atom stereocenters. The first-order valence-corrected chi connectivity index (χ1v) is 4.00. The zero-order valence-corrected chi connectivity index (χ0v) is 9.94. The van der Waals surface area contributed by atoms with E-state index in [-0.39, 0.29) is 30.8 Å². The zero-order valence-electron chi connectivity index (χ0n) is 8.30. The summed E-state index contributed by atoms with van der Waals surface area (Å²) >= 11 is 0. The molecule has 0 bridgehead atoms. The van der Waals surface area contributed by atoms with Crippen LogP contribution in [0.5, 0.6) is 0 Å². The molecule has 0 aromatic carbocycles. The van der Waals surface area contributed by atoms with E-state index in [1.54, 1.807) is 12.3 Å². The molecule has 0 unspecified atom stereocenters. The Bertz CT molecular complexity index is 308. The topological polar surface area (TPSA) is 65.2 Å². The summed E-state index contributed by atoms with van der Waals surface area (Å²) in [5, 5.41) is 0. The number of aromatic nitrogens is 1. The van der Waals surface area contributed by atoms with Crippen molar-refractivity contribution in [2.45, 2.75) is 6.42 Å². The second-order valence-electron chi connectivity index (χ2n) is 2.61. The predicted molar refractivity (Wildman–Crippen MR) is 62.8 cm³/mol. The van der Waals surface area contributed by atoms with Gasteiger partial charge in [0, 0.05) is 12.4 Å². The Balaban J connectivity index is 0. The first-order chi connectivity index (χ1) is 6.27. The van der Waals surface area contributed by atoms with Gasteiger partial charge in [0.15, 0.2) is 0 Å². The van der Waals surface area contributed by atoms with Crippen molar-refractivity contribution in [2.24, 2.45) is 5.73 Å². The van der Waals surface area contributed by atoms with Crippen LogP contribution in [0.2, 0.25) is 0 Å². The minimum Gasteiger partial charge on any atom is -0.465 e. The van der Waals surface area contributed by atoms with Crippen molar-refractivity contribution in [1.82, 2.24) is 4.98 Å².